The van der Waals surface area contributed by atoms with Crippen molar-refractivity contribution in [3.63, 3.8) is 0 Å². The van der Waals surface area contributed by atoms with Crippen LogP contribution in [0.1, 0.15) is 11.1 Å². The maximum atomic E-state index is 11.6. The highest BCUT2D eigenvalue weighted by atomic mass is 32.2. The van der Waals surface area contributed by atoms with Gasteiger partial charge in [-0.3, -0.25) is 14.9 Å². The highest BCUT2D eigenvalue weighted by Gasteiger charge is 2.24. The van der Waals surface area contributed by atoms with Gasteiger partial charge in [-0.05, 0) is 46.5 Å². The number of nitrogens with one attached hydrogen (secondary N) is 2. The van der Waals surface area contributed by atoms with Crippen molar-refractivity contribution in [3.05, 3.63) is 64.6 Å². The Hall–Kier alpha value is -3.06. The molecule has 0 bridgehead atoms. The van der Waals surface area contributed by atoms with E-state index in [1.807, 2.05) is 48.5 Å². The molecular formula is C19H16N2O4S. The number of thioether (sulfide) groups is 1. The summed E-state index contributed by atoms with van der Waals surface area (Å²) < 4.78 is 0. The predicted octanol–water partition coefficient (Wildman–Crippen LogP) is 3.49. The van der Waals surface area contributed by atoms with Crippen LogP contribution in [0.3, 0.4) is 0 Å². The Balaban J connectivity index is 1.72. The van der Waals surface area contributed by atoms with Crippen molar-refractivity contribution in [1.82, 2.24) is 10.6 Å². The molecule has 0 unspecified atom stereocenters. The van der Waals surface area contributed by atoms with Gasteiger partial charge < -0.3 is 10.4 Å². The van der Waals surface area contributed by atoms with Gasteiger partial charge in [0.05, 0.1) is 4.91 Å². The molecule has 132 valence electrons. The Morgan fingerprint density at radius 2 is 1.88 bits per heavy atom. The summed E-state index contributed by atoms with van der Waals surface area (Å²) in [6.45, 7) is 0.365. The summed E-state index contributed by atoms with van der Waals surface area (Å²) in [5.41, 5.74) is 3.92. The number of hydrogen-bond acceptors (Lipinski definition) is 4. The van der Waals surface area contributed by atoms with Crippen molar-refractivity contribution >= 4 is 35.1 Å². The number of imide groups is 1. The minimum atomic E-state index is -1.03. The van der Waals surface area contributed by atoms with Crippen LogP contribution < -0.4 is 10.6 Å². The predicted molar refractivity (Wildman–Crippen MR) is 101 cm³/mol. The van der Waals surface area contributed by atoms with Crippen LogP contribution in [0.5, 0.6) is 0 Å². The van der Waals surface area contributed by atoms with E-state index in [2.05, 4.69) is 10.6 Å². The summed E-state index contributed by atoms with van der Waals surface area (Å²) in [6, 6.07) is 15.6. The maximum absolute atomic E-state index is 11.6. The molecule has 3 rings (SSSR count). The second-order valence-electron chi connectivity index (χ2n) is 5.66. The van der Waals surface area contributed by atoms with Crippen LogP contribution in [-0.2, 0) is 11.2 Å². The molecule has 0 aromatic heterocycles. The van der Waals surface area contributed by atoms with Gasteiger partial charge in [-0.25, -0.2) is 4.79 Å². The zero-order valence-corrected chi connectivity index (χ0v) is 14.5. The van der Waals surface area contributed by atoms with Crippen molar-refractivity contribution < 1.29 is 19.5 Å². The van der Waals surface area contributed by atoms with Gasteiger partial charge in [0.2, 0.25) is 0 Å². The Morgan fingerprint density at radius 1 is 1.12 bits per heavy atom. The molecule has 2 aromatic rings. The van der Waals surface area contributed by atoms with Gasteiger partial charge in [0.15, 0.2) is 0 Å². The Bertz CT molecular complexity index is 891. The molecule has 2 aromatic carbocycles. The molecule has 0 atom stereocenters. The molecule has 0 aliphatic carbocycles. The van der Waals surface area contributed by atoms with Crippen molar-refractivity contribution in [3.8, 4) is 11.1 Å². The van der Waals surface area contributed by atoms with Crippen molar-refractivity contribution in [2.24, 2.45) is 0 Å². The molecule has 3 amide bonds. The fourth-order valence-electron chi connectivity index (χ4n) is 2.56. The average molecular weight is 368 g/mol. The standard InChI is InChI=1S/C19H16N2O4S/c22-17-16(26-19(25)21-17)11-13-4-6-14(7-5-13)15-3-1-2-12(10-15)8-9-20-18(23)24/h1-7,10-11,20H,8-9H2,(H,23,24)(H,21,22,25). The van der Waals surface area contributed by atoms with Gasteiger partial charge in [0.25, 0.3) is 11.1 Å². The van der Waals surface area contributed by atoms with Crippen molar-refractivity contribution in [2.45, 2.75) is 6.42 Å². The van der Waals surface area contributed by atoms with E-state index in [-0.39, 0.29) is 11.1 Å². The minimum absolute atomic E-state index is 0.355. The van der Waals surface area contributed by atoms with Crippen molar-refractivity contribution in [2.75, 3.05) is 6.54 Å². The van der Waals surface area contributed by atoms with Gasteiger partial charge in [0, 0.05) is 6.54 Å². The smallest absolute Gasteiger partial charge is 0.404 e. The molecule has 3 N–H and O–H groups in total. The SMILES string of the molecule is O=C(O)NCCc1cccc(-c2ccc(C=C3SC(=O)NC3=O)cc2)c1. The summed E-state index contributed by atoms with van der Waals surface area (Å²) in [4.78, 5) is 33.7. The molecule has 0 radical (unpaired) electrons. The fraction of sp³-hybridized carbons (Fsp3) is 0.105. The first-order valence-electron chi connectivity index (χ1n) is 7.92. The second kappa shape index (κ2) is 7.88. The van der Waals surface area contributed by atoms with Crippen LogP contribution in [0.15, 0.2) is 53.4 Å². The third-order valence-corrected chi connectivity index (χ3v) is 4.61. The molecule has 6 nitrogen and oxygen atoms in total. The van der Waals surface area contributed by atoms with Crippen LogP contribution in [0.2, 0.25) is 0 Å². The van der Waals surface area contributed by atoms with Gasteiger partial charge in [0.1, 0.15) is 0 Å². The number of carboxylic acid groups (broad SMARTS) is 1. The molecule has 1 saturated heterocycles. The van der Waals surface area contributed by atoms with Crippen LogP contribution >= 0.6 is 11.8 Å². The van der Waals surface area contributed by atoms with E-state index in [0.717, 1.165) is 34.0 Å². The van der Waals surface area contributed by atoms with E-state index in [4.69, 9.17) is 5.11 Å². The number of hydrogen-bond donors (Lipinski definition) is 3. The van der Waals surface area contributed by atoms with E-state index in [9.17, 15) is 14.4 Å². The Kier molecular flexibility index (Phi) is 5.38. The molecule has 1 aliphatic heterocycles. The number of amides is 3. The summed E-state index contributed by atoms with van der Waals surface area (Å²) in [5.74, 6) is -0.369. The number of carbonyl (C=O) groups excluding carboxylic acids is 2. The highest BCUT2D eigenvalue weighted by Crippen LogP contribution is 2.27. The van der Waals surface area contributed by atoms with E-state index < -0.39 is 6.09 Å². The zero-order chi connectivity index (χ0) is 18.5. The first-order valence-corrected chi connectivity index (χ1v) is 8.74. The normalized spacial score (nSPS) is 15.2. The van der Waals surface area contributed by atoms with Crippen LogP contribution in [0.25, 0.3) is 17.2 Å². The molecule has 1 heterocycles. The third-order valence-electron chi connectivity index (χ3n) is 3.80. The van der Waals surface area contributed by atoms with Crippen molar-refractivity contribution in [1.29, 1.82) is 0 Å². The van der Waals surface area contributed by atoms with Gasteiger partial charge in [-0.2, -0.15) is 0 Å². The second-order valence-corrected chi connectivity index (χ2v) is 6.67. The zero-order valence-electron chi connectivity index (χ0n) is 13.7. The molecule has 0 saturated carbocycles. The van der Waals surface area contributed by atoms with Gasteiger partial charge >= 0.3 is 6.09 Å². The summed E-state index contributed by atoms with van der Waals surface area (Å²) in [5, 5.41) is 12.9. The summed E-state index contributed by atoms with van der Waals surface area (Å²) >= 11 is 0.894. The summed E-state index contributed by atoms with van der Waals surface area (Å²) in [7, 11) is 0. The monoisotopic (exact) mass is 368 g/mol. The average Bonchev–Trinajstić information content (AvgIpc) is 2.93. The Morgan fingerprint density at radius 3 is 2.54 bits per heavy atom. The minimum Gasteiger partial charge on any atom is -0.465 e. The molecule has 26 heavy (non-hydrogen) atoms. The van der Waals surface area contributed by atoms with Crippen LogP contribution in [0, 0.1) is 0 Å². The van der Waals surface area contributed by atoms with E-state index in [1.54, 1.807) is 6.08 Å². The number of rotatable bonds is 5. The van der Waals surface area contributed by atoms with Crippen LogP contribution in [-0.4, -0.2) is 28.9 Å². The first-order chi connectivity index (χ1) is 12.5. The van der Waals surface area contributed by atoms with Gasteiger partial charge in [-0.1, -0.05) is 48.5 Å². The maximum Gasteiger partial charge on any atom is 0.404 e. The van der Waals surface area contributed by atoms with E-state index in [1.165, 1.54) is 0 Å². The highest BCUT2D eigenvalue weighted by molar-refractivity contribution is 8.18. The summed E-state index contributed by atoms with van der Waals surface area (Å²) in [6.07, 6.45) is 1.27. The van der Waals surface area contributed by atoms with Crippen LogP contribution in [0.4, 0.5) is 9.59 Å². The van der Waals surface area contributed by atoms with E-state index in [0.29, 0.717) is 17.9 Å². The quantitative estimate of drug-likeness (QED) is 0.702. The lowest BCUT2D eigenvalue weighted by atomic mass is 10.0. The number of carbonyl (C=O) groups is 3. The molecule has 1 aliphatic rings. The Labute approximate surface area is 154 Å². The topological polar surface area (TPSA) is 95.5 Å². The lowest BCUT2D eigenvalue weighted by Crippen LogP contribution is -2.23. The lowest BCUT2D eigenvalue weighted by Gasteiger charge is -2.06. The van der Waals surface area contributed by atoms with Gasteiger partial charge in [-0.15, -0.1) is 0 Å². The number of benzene rings is 2. The lowest BCUT2D eigenvalue weighted by molar-refractivity contribution is -0.115. The third kappa shape index (κ3) is 4.52. The molecule has 7 heteroatoms. The fourth-order valence-corrected chi connectivity index (χ4v) is 3.25. The first kappa shape index (κ1) is 17.8. The molecule has 0 spiro atoms. The largest absolute Gasteiger partial charge is 0.465 e. The molecule has 1 fully saturated rings. The molecular weight excluding hydrogens is 352 g/mol. The van der Waals surface area contributed by atoms with E-state index >= 15 is 0 Å².